The summed E-state index contributed by atoms with van der Waals surface area (Å²) in [7, 11) is 0. The molecule has 0 saturated heterocycles. The van der Waals surface area contributed by atoms with Crippen molar-refractivity contribution in [2.24, 2.45) is 0 Å². The molecule has 0 spiro atoms. The first-order valence-corrected chi connectivity index (χ1v) is 14.8. The highest BCUT2D eigenvalue weighted by Crippen LogP contribution is 2.49. The fourth-order valence-electron chi connectivity index (χ4n) is 6.33. The van der Waals surface area contributed by atoms with Gasteiger partial charge in [0, 0.05) is 5.41 Å². The maximum Gasteiger partial charge on any atom is 0.0159 e. The van der Waals surface area contributed by atoms with Gasteiger partial charge < -0.3 is 0 Å². The molecular weight excluding hydrogens is 492 g/mol. The minimum absolute atomic E-state index is 0.00780. The lowest BCUT2D eigenvalue weighted by molar-refractivity contribution is 0.660. The zero-order valence-corrected chi connectivity index (χ0v) is 24.8. The van der Waals surface area contributed by atoms with Crippen molar-refractivity contribution in [2.75, 3.05) is 0 Å². The van der Waals surface area contributed by atoms with Crippen LogP contribution in [-0.4, -0.2) is 0 Å². The third kappa shape index (κ3) is 5.00. The van der Waals surface area contributed by atoms with Crippen LogP contribution in [0.2, 0.25) is 0 Å². The van der Waals surface area contributed by atoms with Gasteiger partial charge in [-0.25, -0.2) is 0 Å². The maximum absolute atomic E-state index is 2.41. The van der Waals surface area contributed by atoms with E-state index in [4.69, 9.17) is 0 Å². The Morgan fingerprint density at radius 2 is 1.27 bits per heavy atom. The third-order valence-electron chi connectivity index (χ3n) is 8.71. The van der Waals surface area contributed by atoms with Crippen LogP contribution in [0, 0.1) is 13.8 Å². The van der Waals surface area contributed by atoms with Gasteiger partial charge in [-0.1, -0.05) is 136 Å². The monoisotopic (exact) mass is 530 g/mol. The molecule has 0 unspecified atom stereocenters. The lowest BCUT2D eigenvalue weighted by Crippen LogP contribution is -2.15. The van der Waals surface area contributed by atoms with Crippen molar-refractivity contribution in [1.29, 1.82) is 0 Å². The molecule has 0 nitrogen and oxygen atoms in total. The van der Waals surface area contributed by atoms with Gasteiger partial charge in [0.05, 0.1) is 0 Å². The quantitative estimate of drug-likeness (QED) is 0.192. The standard InChI is InChI=1S/C41H38/c1-6-11-31(34-24-25-37-36-14-9-10-15-39(36)41(4,5)40(37)27-34)21-17-30-18-22-32(23-19-30)33-20-16-29(3)38(26-33)35-13-8-7-12-28(35)2/h7-27H,6H2,1-5H3/b21-17-,31-11+. The normalized spacial score (nSPS) is 13.8. The van der Waals surface area contributed by atoms with Gasteiger partial charge >= 0.3 is 0 Å². The van der Waals surface area contributed by atoms with E-state index in [0.29, 0.717) is 0 Å². The highest BCUT2D eigenvalue weighted by atomic mass is 14.4. The molecule has 0 radical (unpaired) electrons. The van der Waals surface area contributed by atoms with E-state index in [-0.39, 0.29) is 5.41 Å². The molecule has 0 atom stereocenters. The summed E-state index contributed by atoms with van der Waals surface area (Å²) in [6, 6.07) is 40.2. The van der Waals surface area contributed by atoms with Gasteiger partial charge in [-0.3, -0.25) is 0 Å². The molecule has 5 aromatic carbocycles. The first kappa shape index (κ1) is 26.8. The van der Waals surface area contributed by atoms with Gasteiger partial charge in [-0.2, -0.15) is 0 Å². The van der Waals surface area contributed by atoms with E-state index in [0.717, 1.165) is 6.42 Å². The van der Waals surface area contributed by atoms with Crippen molar-refractivity contribution < 1.29 is 0 Å². The number of aryl methyl sites for hydroxylation is 2. The van der Waals surface area contributed by atoms with Crippen LogP contribution in [0.4, 0.5) is 0 Å². The highest BCUT2D eigenvalue weighted by molar-refractivity contribution is 5.86. The van der Waals surface area contributed by atoms with E-state index >= 15 is 0 Å². The minimum Gasteiger partial charge on any atom is -0.0769 e. The predicted octanol–water partition coefficient (Wildman–Crippen LogP) is 11.5. The Labute approximate surface area is 245 Å². The van der Waals surface area contributed by atoms with Crippen molar-refractivity contribution in [3.05, 3.63) is 155 Å². The second kappa shape index (κ2) is 10.9. The van der Waals surface area contributed by atoms with Gasteiger partial charge in [0.1, 0.15) is 0 Å². The second-order valence-electron chi connectivity index (χ2n) is 11.8. The Balaban J connectivity index is 1.27. The first-order valence-electron chi connectivity index (χ1n) is 14.8. The lowest BCUT2D eigenvalue weighted by atomic mass is 9.81. The highest BCUT2D eigenvalue weighted by Gasteiger charge is 2.35. The molecule has 0 heteroatoms. The summed E-state index contributed by atoms with van der Waals surface area (Å²) in [6.45, 7) is 11.3. The average molecular weight is 531 g/mol. The average Bonchev–Trinajstić information content (AvgIpc) is 3.22. The van der Waals surface area contributed by atoms with Crippen molar-refractivity contribution in [3.8, 4) is 33.4 Å². The van der Waals surface area contributed by atoms with Crippen molar-refractivity contribution in [3.63, 3.8) is 0 Å². The van der Waals surface area contributed by atoms with Crippen LogP contribution in [0.15, 0.2) is 121 Å². The van der Waals surface area contributed by atoms with Crippen molar-refractivity contribution in [1.82, 2.24) is 0 Å². The van der Waals surface area contributed by atoms with Gasteiger partial charge in [0.25, 0.3) is 0 Å². The van der Waals surface area contributed by atoms with Crippen LogP contribution < -0.4 is 0 Å². The lowest BCUT2D eigenvalue weighted by Gasteiger charge is -2.22. The zero-order valence-electron chi connectivity index (χ0n) is 24.8. The summed E-state index contributed by atoms with van der Waals surface area (Å²) in [5.41, 5.74) is 17.0. The predicted molar refractivity (Wildman–Crippen MR) is 178 cm³/mol. The van der Waals surface area contributed by atoms with Crippen LogP contribution >= 0.6 is 0 Å². The minimum atomic E-state index is 0.00780. The molecule has 1 aliphatic carbocycles. The molecule has 0 aliphatic heterocycles. The van der Waals surface area contributed by atoms with Gasteiger partial charge in [0.2, 0.25) is 0 Å². The molecule has 0 amide bonds. The van der Waals surface area contributed by atoms with Crippen LogP contribution in [0.25, 0.3) is 45.0 Å². The molecule has 5 aromatic rings. The van der Waals surface area contributed by atoms with Crippen LogP contribution in [0.3, 0.4) is 0 Å². The largest absolute Gasteiger partial charge is 0.0769 e. The van der Waals surface area contributed by atoms with E-state index in [9.17, 15) is 0 Å². The third-order valence-corrected chi connectivity index (χ3v) is 8.71. The summed E-state index contributed by atoms with van der Waals surface area (Å²) in [6.07, 6.45) is 7.85. The Morgan fingerprint density at radius 3 is 2.02 bits per heavy atom. The number of rotatable bonds is 6. The van der Waals surface area contributed by atoms with Crippen molar-refractivity contribution >= 4 is 11.6 Å². The molecule has 0 bridgehead atoms. The van der Waals surface area contributed by atoms with E-state index in [2.05, 4.69) is 162 Å². The Kier molecular flexibility index (Phi) is 7.10. The number of hydrogen-bond acceptors (Lipinski definition) is 0. The van der Waals surface area contributed by atoms with E-state index in [1.807, 2.05) is 0 Å². The van der Waals surface area contributed by atoms with E-state index in [1.54, 1.807) is 0 Å². The van der Waals surface area contributed by atoms with Crippen LogP contribution in [-0.2, 0) is 5.41 Å². The molecule has 1 aliphatic rings. The molecule has 202 valence electrons. The smallest absolute Gasteiger partial charge is 0.0159 e. The van der Waals surface area contributed by atoms with E-state index in [1.165, 1.54) is 72.3 Å². The summed E-state index contributed by atoms with van der Waals surface area (Å²) in [5.74, 6) is 0. The molecule has 0 saturated carbocycles. The fraction of sp³-hybridized carbons (Fsp3) is 0.171. The zero-order chi connectivity index (χ0) is 28.6. The van der Waals surface area contributed by atoms with Crippen molar-refractivity contribution in [2.45, 2.75) is 46.5 Å². The molecule has 0 fully saturated rings. The number of fused-ring (bicyclic) bond motifs is 3. The Bertz CT molecular complexity index is 1790. The first-order chi connectivity index (χ1) is 19.9. The molecule has 41 heavy (non-hydrogen) atoms. The summed E-state index contributed by atoms with van der Waals surface area (Å²) >= 11 is 0. The van der Waals surface area contributed by atoms with Crippen LogP contribution in [0.1, 0.15) is 60.6 Å². The molecule has 0 heterocycles. The van der Waals surface area contributed by atoms with Gasteiger partial charge in [0.15, 0.2) is 0 Å². The maximum atomic E-state index is 2.41. The number of allylic oxidation sites excluding steroid dienone is 3. The SMILES string of the molecule is CC/C=C(\C=C/c1ccc(-c2ccc(C)c(-c3ccccc3C)c2)cc1)c1ccc2c(c1)C(C)(C)c1ccccc1-2. The topological polar surface area (TPSA) is 0 Å². The van der Waals surface area contributed by atoms with Gasteiger partial charge in [-0.15, -0.1) is 0 Å². The van der Waals surface area contributed by atoms with Gasteiger partial charge in [-0.05, 0) is 105 Å². The Morgan fingerprint density at radius 1 is 0.610 bits per heavy atom. The summed E-state index contributed by atoms with van der Waals surface area (Å²) in [4.78, 5) is 0. The Hall–Kier alpha value is -4.42. The molecule has 0 aromatic heterocycles. The second-order valence-corrected chi connectivity index (χ2v) is 11.8. The fourth-order valence-corrected chi connectivity index (χ4v) is 6.33. The summed E-state index contributed by atoms with van der Waals surface area (Å²) < 4.78 is 0. The van der Waals surface area contributed by atoms with Crippen LogP contribution in [0.5, 0.6) is 0 Å². The molecular formula is C41H38. The summed E-state index contributed by atoms with van der Waals surface area (Å²) in [5, 5.41) is 0. The number of benzene rings is 5. The molecule has 0 N–H and O–H groups in total. The molecule has 6 rings (SSSR count). The van der Waals surface area contributed by atoms with E-state index < -0.39 is 0 Å². The number of hydrogen-bond donors (Lipinski definition) is 0.